The van der Waals surface area contributed by atoms with Crippen molar-refractivity contribution in [3.63, 3.8) is 0 Å². The zero-order valence-electron chi connectivity index (χ0n) is 14.1. The van der Waals surface area contributed by atoms with Gasteiger partial charge in [0.15, 0.2) is 0 Å². The van der Waals surface area contributed by atoms with Crippen LogP contribution in [-0.2, 0) is 6.54 Å². The van der Waals surface area contributed by atoms with Crippen molar-refractivity contribution < 1.29 is 9.47 Å². The molecule has 126 valence electrons. The van der Waals surface area contributed by atoms with Gasteiger partial charge >= 0.3 is 0 Å². The van der Waals surface area contributed by atoms with Crippen molar-refractivity contribution >= 4 is 0 Å². The Balaban J connectivity index is 1.42. The average Bonchev–Trinajstić information content (AvgIpc) is 3.23. The van der Waals surface area contributed by atoms with E-state index in [2.05, 4.69) is 16.0 Å². The fourth-order valence-corrected chi connectivity index (χ4v) is 4.22. The number of aromatic nitrogens is 1. The number of hydrogen-bond donors (Lipinski definition) is 0. The number of nitrogens with zero attached hydrogens (tertiary/aromatic N) is 2. The molecule has 4 rings (SSSR count). The van der Waals surface area contributed by atoms with E-state index in [0.29, 0.717) is 12.1 Å². The Morgan fingerprint density at radius 3 is 2.71 bits per heavy atom. The van der Waals surface area contributed by atoms with Crippen molar-refractivity contribution in [2.45, 2.75) is 37.9 Å². The zero-order chi connectivity index (χ0) is 16.4. The van der Waals surface area contributed by atoms with Crippen molar-refractivity contribution in [3.8, 4) is 11.5 Å². The first kappa shape index (κ1) is 15.5. The highest BCUT2D eigenvalue weighted by atomic mass is 16.5. The van der Waals surface area contributed by atoms with Gasteiger partial charge in [0.2, 0.25) is 0 Å². The summed E-state index contributed by atoms with van der Waals surface area (Å²) in [6, 6.07) is 13.3. The van der Waals surface area contributed by atoms with Gasteiger partial charge in [-0.05, 0) is 61.1 Å². The molecule has 1 aliphatic carbocycles. The number of hydrogen-bond acceptors (Lipinski definition) is 4. The maximum Gasteiger partial charge on any atom is 0.119 e. The Hall–Kier alpha value is -2.07. The smallest absolute Gasteiger partial charge is 0.119 e. The minimum atomic E-state index is 0.506. The van der Waals surface area contributed by atoms with Crippen LogP contribution < -0.4 is 9.47 Å². The second-order valence-corrected chi connectivity index (χ2v) is 6.81. The van der Waals surface area contributed by atoms with Crippen LogP contribution in [0.4, 0.5) is 0 Å². The molecule has 0 spiro atoms. The van der Waals surface area contributed by atoms with Gasteiger partial charge in [-0.2, -0.15) is 0 Å². The maximum atomic E-state index is 6.10. The van der Waals surface area contributed by atoms with Crippen LogP contribution >= 0.6 is 0 Å². The van der Waals surface area contributed by atoms with Gasteiger partial charge < -0.3 is 9.47 Å². The summed E-state index contributed by atoms with van der Waals surface area (Å²) >= 11 is 0. The molecule has 1 aromatic heterocycles. The van der Waals surface area contributed by atoms with Gasteiger partial charge in [-0.15, -0.1) is 0 Å². The molecule has 24 heavy (non-hydrogen) atoms. The highest BCUT2D eigenvalue weighted by Gasteiger charge is 2.45. The molecule has 1 saturated carbocycles. The first-order valence-corrected chi connectivity index (χ1v) is 8.75. The summed E-state index contributed by atoms with van der Waals surface area (Å²) in [6.07, 6.45) is 7.79. The van der Waals surface area contributed by atoms with Crippen LogP contribution in [0.5, 0.6) is 11.5 Å². The monoisotopic (exact) mass is 324 g/mol. The molecule has 2 fully saturated rings. The Labute approximate surface area is 143 Å². The van der Waals surface area contributed by atoms with E-state index >= 15 is 0 Å². The second-order valence-electron chi connectivity index (χ2n) is 6.81. The van der Waals surface area contributed by atoms with E-state index in [-0.39, 0.29) is 0 Å². The normalized spacial score (nSPS) is 25.8. The molecule has 2 aromatic rings. The Morgan fingerprint density at radius 1 is 1.12 bits per heavy atom. The molecule has 2 aliphatic rings. The topological polar surface area (TPSA) is 34.6 Å². The summed E-state index contributed by atoms with van der Waals surface area (Å²) in [5, 5.41) is 0. The summed E-state index contributed by atoms with van der Waals surface area (Å²) in [6.45, 7) is 1.74. The Morgan fingerprint density at radius 2 is 1.96 bits per heavy atom. The van der Waals surface area contributed by atoms with E-state index in [1.165, 1.54) is 24.8 Å². The lowest BCUT2D eigenvalue weighted by molar-refractivity contribution is 0.0866. The molecule has 0 amide bonds. The highest BCUT2D eigenvalue weighted by Crippen LogP contribution is 2.43. The van der Waals surface area contributed by atoms with Gasteiger partial charge in [0.05, 0.1) is 7.11 Å². The summed E-state index contributed by atoms with van der Waals surface area (Å²) in [7, 11) is 1.68. The van der Waals surface area contributed by atoms with Crippen molar-refractivity contribution in [2.24, 2.45) is 5.92 Å². The van der Waals surface area contributed by atoms with E-state index < -0.39 is 0 Å². The standard InChI is InChI=1S/C20H24N2O2/c1-23-18-6-8-19(9-7-18)24-14-20-16-4-5-17(11-16)22(20)13-15-3-2-10-21-12-15/h2-3,6-10,12,16-17,20H,4-5,11,13-14H2,1H3/t16-,17-,20+/m0/s1. The first-order chi connectivity index (χ1) is 11.8. The molecular formula is C20H24N2O2. The van der Waals surface area contributed by atoms with Crippen molar-refractivity contribution in [1.82, 2.24) is 9.88 Å². The molecule has 1 aliphatic heterocycles. The number of benzene rings is 1. The zero-order valence-corrected chi connectivity index (χ0v) is 14.1. The molecule has 0 unspecified atom stereocenters. The summed E-state index contributed by atoms with van der Waals surface area (Å²) in [5.41, 5.74) is 1.29. The minimum Gasteiger partial charge on any atom is -0.497 e. The van der Waals surface area contributed by atoms with Crippen molar-refractivity contribution in [2.75, 3.05) is 13.7 Å². The number of methoxy groups -OCH3 is 1. The van der Waals surface area contributed by atoms with Gasteiger partial charge in [0.1, 0.15) is 18.1 Å². The van der Waals surface area contributed by atoms with Crippen LogP contribution in [0.15, 0.2) is 48.8 Å². The molecule has 2 bridgehead atoms. The molecule has 4 nitrogen and oxygen atoms in total. The molecule has 0 radical (unpaired) electrons. The number of likely N-dealkylation sites (tertiary alicyclic amines) is 1. The number of piperidine rings is 1. The van der Waals surface area contributed by atoms with Crippen molar-refractivity contribution in [3.05, 3.63) is 54.4 Å². The molecule has 4 heteroatoms. The Bertz CT molecular complexity index is 659. The van der Waals surface area contributed by atoms with E-state index in [9.17, 15) is 0 Å². The molecule has 1 aromatic carbocycles. The molecule has 3 atom stereocenters. The van der Waals surface area contributed by atoms with Crippen molar-refractivity contribution in [1.29, 1.82) is 0 Å². The molecule has 2 heterocycles. The largest absolute Gasteiger partial charge is 0.497 e. The highest BCUT2D eigenvalue weighted by molar-refractivity contribution is 5.31. The number of pyridine rings is 1. The lowest BCUT2D eigenvalue weighted by Crippen LogP contribution is -2.43. The lowest BCUT2D eigenvalue weighted by Gasteiger charge is -2.35. The number of ether oxygens (including phenoxy) is 2. The third-order valence-corrected chi connectivity index (χ3v) is 5.45. The summed E-state index contributed by atoms with van der Waals surface area (Å²) in [5.74, 6) is 2.55. The van der Waals surface area contributed by atoms with Gasteiger partial charge in [-0.25, -0.2) is 0 Å². The summed E-state index contributed by atoms with van der Waals surface area (Å²) in [4.78, 5) is 6.89. The SMILES string of the molecule is COc1ccc(OC[C@@H]2[C@H]3CC[C@@H](C3)N2Cc2cccnc2)cc1. The molecule has 1 saturated heterocycles. The van der Waals surface area contributed by atoms with Crippen LogP contribution in [0, 0.1) is 5.92 Å². The Kier molecular flexibility index (Phi) is 4.39. The minimum absolute atomic E-state index is 0.506. The first-order valence-electron chi connectivity index (χ1n) is 8.75. The number of rotatable bonds is 6. The maximum absolute atomic E-state index is 6.10. The van der Waals surface area contributed by atoms with Gasteiger partial charge in [-0.1, -0.05) is 6.07 Å². The predicted molar refractivity (Wildman–Crippen MR) is 93.2 cm³/mol. The van der Waals surface area contributed by atoms with Crippen LogP contribution in [-0.4, -0.2) is 35.7 Å². The fraction of sp³-hybridized carbons (Fsp3) is 0.450. The third kappa shape index (κ3) is 3.11. The van der Waals surface area contributed by atoms with Crippen LogP contribution in [0.3, 0.4) is 0 Å². The quantitative estimate of drug-likeness (QED) is 0.814. The van der Waals surface area contributed by atoms with E-state index in [0.717, 1.165) is 30.6 Å². The predicted octanol–water partition coefficient (Wildman–Crippen LogP) is 3.52. The average molecular weight is 324 g/mol. The molecule has 0 N–H and O–H groups in total. The van der Waals surface area contributed by atoms with E-state index in [4.69, 9.17) is 9.47 Å². The summed E-state index contributed by atoms with van der Waals surface area (Å²) < 4.78 is 11.3. The van der Waals surface area contributed by atoms with Crippen LogP contribution in [0.1, 0.15) is 24.8 Å². The molecular weight excluding hydrogens is 300 g/mol. The third-order valence-electron chi connectivity index (χ3n) is 5.45. The van der Waals surface area contributed by atoms with Gasteiger partial charge in [-0.3, -0.25) is 9.88 Å². The second kappa shape index (κ2) is 6.81. The lowest BCUT2D eigenvalue weighted by atomic mass is 9.99. The van der Waals surface area contributed by atoms with Gasteiger partial charge in [0, 0.05) is 31.0 Å². The van der Waals surface area contributed by atoms with Crippen LogP contribution in [0.2, 0.25) is 0 Å². The number of fused-ring (bicyclic) bond motifs is 2. The van der Waals surface area contributed by atoms with Crippen LogP contribution in [0.25, 0.3) is 0 Å². The van der Waals surface area contributed by atoms with E-state index in [1.807, 2.05) is 42.7 Å². The van der Waals surface area contributed by atoms with E-state index in [1.54, 1.807) is 7.11 Å². The van der Waals surface area contributed by atoms with Gasteiger partial charge in [0.25, 0.3) is 0 Å². The fourth-order valence-electron chi connectivity index (χ4n) is 4.22.